The molecule has 0 rings (SSSR count). The molecule has 2 nitrogen and oxygen atoms in total. The minimum atomic E-state index is 0.618. The molecule has 0 saturated heterocycles. The molecule has 0 spiro atoms. The lowest BCUT2D eigenvalue weighted by Gasteiger charge is -2.29. The monoisotopic (exact) mass is 196 g/mol. The molecule has 0 aromatic carbocycles. The van der Waals surface area contributed by atoms with E-state index in [1.165, 1.54) is 0 Å². The molecule has 0 bridgehead atoms. The first-order valence-corrected chi connectivity index (χ1v) is 5.44. The lowest BCUT2D eigenvalue weighted by molar-refractivity contribution is 0.180. The highest BCUT2D eigenvalue weighted by Gasteiger charge is 2.11. The maximum Gasteiger partial charge on any atom is 0.0194 e. The smallest absolute Gasteiger partial charge is 0.0194 e. The van der Waals surface area contributed by atoms with Crippen LogP contribution in [0.15, 0.2) is 0 Å². The number of hydrogen-bond acceptors (Lipinski definition) is 2. The minimum absolute atomic E-state index is 0.618. The van der Waals surface area contributed by atoms with Crippen LogP contribution >= 0.6 is 0 Å². The van der Waals surface area contributed by atoms with Gasteiger partial charge >= 0.3 is 0 Å². The normalized spacial score (nSPS) is 13.2. The number of rotatable bonds is 7. The maximum absolute atomic E-state index is 5.24. The van der Waals surface area contributed by atoms with Gasteiger partial charge in [0, 0.05) is 19.0 Å². The van der Waals surface area contributed by atoms with Gasteiger partial charge in [-0.1, -0.05) is 6.92 Å². The maximum atomic E-state index is 5.24. The zero-order valence-corrected chi connectivity index (χ0v) is 10.1. The first-order valence-electron chi connectivity index (χ1n) is 5.44. The van der Waals surface area contributed by atoms with Gasteiger partial charge in [-0.3, -0.25) is 4.90 Å². The first-order chi connectivity index (χ1) is 6.61. The van der Waals surface area contributed by atoms with Crippen LogP contribution in [0.25, 0.3) is 0 Å². The molecule has 1 atom stereocenters. The molecule has 0 aromatic heterocycles. The Morgan fingerprint density at radius 2 is 2.00 bits per heavy atom. The van der Waals surface area contributed by atoms with E-state index in [2.05, 4.69) is 43.7 Å². The molecule has 82 valence electrons. The number of nitrogens with zero attached hydrogens (tertiary/aromatic N) is 2. The fraction of sp³-hybridized carbons (Fsp3) is 0.833. The number of terminal acetylenes is 1. The minimum Gasteiger partial charge on any atom is -0.308 e. The first kappa shape index (κ1) is 13.5. The topological polar surface area (TPSA) is 6.48 Å². The average molecular weight is 196 g/mol. The van der Waals surface area contributed by atoms with Crippen molar-refractivity contribution in [3.8, 4) is 12.3 Å². The Kier molecular flexibility index (Phi) is 7.55. The molecule has 0 aliphatic rings. The predicted octanol–water partition coefficient (Wildman–Crippen LogP) is 1.67. The molecule has 0 heterocycles. The second kappa shape index (κ2) is 7.84. The van der Waals surface area contributed by atoms with Gasteiger partial charge in [0.2, 0.25) is 0 Å². The van der Waals surface area contributed by atoms with E-state index >= 15 is 0 Å². The highest BCUT2D eigenvalue weighted by Crippen LogP contribution is 2.02. The molecular formula is C12H24N2. The van der Waals surface area contributed by atoms with E-state index in [9.17, 15) is 0 Å². The molecule has 0 saturated carbocycles. The van der Waals surface area contributed by atoms with E-state index in [4.69, 9.17) is 6.42 Å². The second-order valence-corrected chi connectivity index (χ2v) is 4.05. The van der Waals surface area contributed by atoms with Crippen LogP contribution in [-0.4, -0.2) is 49.6 Å². The second-order valence-electron chi connectivity index (χ2n) is 4.05. The molecule has 0 aliphatic carbocycles. The van der Waals surface area contributed by atoms with Crippen molar-refractivity contribution in [1.29, 1.82) is 0 Å². The Labute approximate surface area is 89.3 Å². The van der Waals surface area contributed by atoms with E-state index in [1.54, 1.807) is 0 Å². The third-order valence-electron chi connectivity index (χ3n) is 2.43. The fourth-order valence-electron chi connectivity index (χ4n) is 1.72. The summed E-state index contributed by atoms with van der Waals surface area (Å²) in [4.78, 5) is 4.71. The van der Waals surface area contributed by atoms with Gasteiger partial charge in [-0.2, -0.15) is 0 Å². The van der Waals surface area contributed by atoms with Gasteiger partial charge in [0.15, 0.2) is 0 Å². The van der Waals surface area contributed by atoms with Crippen LogP contribution in [0.4, 0.5) is 0 Å². The van der Waals surface area contributed by atoms with E-state index in [0.717, 1.165) is 32.5 Å². The van der Waals surface area contributed by atoms with E-state index < -0.39 is 0 Å². The summed E-state index contributed by atoms with van der Waals surface area (Å²) < 4.78 is 0. The van der Waals surface area contributed by atoms with Crippen LogP contribution in [0.3, 0.4) is 0 Å². The molecule has 0 fully saturated rings. The predicted molar refractivity (Wildman–Crippen MR) is 63.3 cm³/mol. The Balaban J connectivity index is 3.81. The Morgan fingerprint density at radius 1 is 1.36 bits per heavy atom. The molecule has 14 heavy (non-hydrogen) atoms. The van der Waals surface area contributed by atoms with Crippen molar-refractivity contribution >= 4 is 0 Å². The third kappa shape index (κ3) is 6.01. The SMILES string of the molecule is C#CCCCN(CC)C(C)CN(C)C. The highest BCUT2D eigenvalue weighted by molar-refractivity contribution is 4.83. The summed E-state index contributed by atoms with van der Waals surface area (Å²) >= 11 is 0. The number of unbranched alkanes of at least 4 members (excludes halogenated alkanes) is 1. The lowest BCUT2D eigenvalue weighted by atomic mass is 10.2. The number of hydrogen-bond donors (Lipinski definition) is 0. The highest BCUT2D eigenvalue weighted by atomic mass is 15.2. The van der Waals surface area contributed by atoms with Crippen LogP contribution in [-0.2, 0) is 0 Å². The number of likely N-dealkylation sites (N-methyl/N-ethyl adjacent to an activating group) is 2. The zero-order chi connectivity index (χ0) is 11.0. The summed E-state index contributed by atoms with van der Waals surface area (Å²) in [5, 5.41) is 0. The molecule has 0 aromatic rings. The molecule has 0 radical (unpaired) electrons. The van der Waals surface area contributed by atoms with Gasteiger partial charge in [0.1, 0.15) is 0 Å². The van der Waals surface area contributed by atoms with Gasteiger partial charge < -0.3 is 4.90 Å². The van der Waals surface area contributed by atoms with Crippen LogP contribution in [0.1, 0.15) is 26.7 Å². The standard InChI is InChI=1S/C12H24N2/c1-6-8-9-10-14(7-2)12(3)11-13(4)5/h1,12H,7-11H2,2-5H3. The molecule has 0 aliphatic heterocycles. The summed E-state index contributed by atoms with van der Waals surface area (Å²) in [6.07, 6.45) is 7.24. The quantitative estimate of drug-likeness (QED) is 0.451. The van der Waals surface area contributed by atoms with Crippen LogP contribution in [0, 0.1) is 12.3 Å². The Hall–Kier alpha value is -0.520. The summed E-state index contributed by atoms with van der Waals surface area (Å²) in [6.45, 7) is 7.83. The van der Waals surface area contributed by atoms with Gasteiger partial charge in [0.05, 0.1) is 0 Å². The van der Waals surface area contributed by atoms with E-state index in [-0.39, 0.29) is 0 Å². The van der Waals surface area contributed by atoms with Crippen molar-refractivity contribution < 1.29 is 0 Å². The zero-order valence-electron chi connectivity index (χ0n) is 10.1. The fourth-order valence-corrected chi connectivity index (χ4v) is 1.72. The van der Waals surface area contributed by atoms with Gasteiger partial charge in [-0.25, -0.2) is 0 Å². The molecular weight excluding hydrogens is 172 g/mol. The Bertz CT molecular complexity index is 170. The van der Waals surface area contributed by atoms with Crippen molar-refractivity contribution in [3.05, 3.63) is 0 Å². The van der Waals surface area contributed by atoms with Crippen LogP contribution in [0.2, 0.25) is 0 Å². The largest absolute Gasteiger partial charge is 0.308 e. The average Bonchev–Trinajstić information content (AvgIpc) is 2.11. The molecule has 0 N–H and O–H groups in total. The molecule has 2 heteroatoms. The summed E-state index contributed by atoms with van der Waals surface area (Å²) in [5.41, 5.74) is 0. The van der Waals surface area contributed by atoms with E-state index in [1.807, 2.05) is 0 Å². The van der Waals surface area contributed by atoms with Crippen molar-refractivity contribution in [3.63, 3.8) is 0 Å². The summed E-state index contributed by atoms with van der Waals surface area (Å²) in [7, 11) is 4.23. The summed E-state index contributed by atoms with van der Waals surface area (Å²) in [5.74, 6) is 2.69. The van der Waals surface area contributed by atoms with Crippen molar-refractivity contribution in [2.24, 2.45) is 0 Å². The van der Waals surface area contributed by atoms with Gasteiger partial charge in [-0.05, 0) is 40.5 Å². The molecule has 0 amide bonds. The van der Waals surface area contributed by atoms with Crippen molar-refractivity contribution in [1.82, 2.24) is 9.80 Å². The summed E-state index contributed by atoms with van der Waals surface area (Å²) in [6, 6.07) is 0.618. The van der Waals surface area contributed by atoms with Crippen molar-refractivity contribution in [2.45, 2.75) is 32.7 Å². The van der Waals surface area contributed by atoms with E-state index in [0.29, 0.717) is 6.04 Å². The molecule has 1 unspecified atom stereocenters. The van der Waals surface area contributed by atoms with Crippen LogP contribution < -0.4 is 0 Å². The van der Waals surface area contributed by atoms with Gasteiger partial charge in [-0.15, -0.1) is 12.3 Å². The lowest BCUT2D eigenvalue weighted by Crippen LogP contribution is -2.40. The van der Waals surface area contributed by atoms with Crippen LogP contribution in [0.5, 0.6) is 0 Å². The Morgan fingerprint density at radius 3 is 2.43 bits per heavy atom. The third-order valence-corrected chi connectivity index (χ3v) is 2.43. The van der Waals surface area contributed by atoms with Crippen molar-refractivity contribution in [2.75, 3.05) is 33.7 Å². The van der Waals surface area contributed by atoms with Gasteiger partial charge in [0.25, 0.3) is 0 Å².